The van der Waals surface area contributed by atoms with Gasteiger partial charge in [0.15, 0.2) is 46.6 Å². The monoisotopic (exact) mass is 1930 g/mol. The van der Waals surface area contributed by atoms with E-state index in [1.807, 2.05) is 184 Å². The van der Waals surface area contributed by atoms with Crippen LogP contribution in [0, 0.1) is 111 Å². The number of hydrogen-bond acceptors (Lipinski definition) is 24. The van der Waals surface area contributed by atoms with Crippen molar-refractivity contribution in [1.29, 1.82) is 0 Å². The van der Waals surface area contributed by atoms with Crippen molar-refractivity contribution in [3.05, 3.63) is 433 Å². The molecule has 0 saturated carbocycles. The lowest BCUT2D eigenvalue weighted by Gasteiger charge is -2.11. The molecule has 0 spiro atoms. The highest BCUT2D eigenvalue weighted by Crippen LogP contribution is 2.39. The first-order valence-electron chi connectivity index (χ1n) is 48.7. The van der Waals surface area contributed by atoms with Gasteiger partial charge >= 0.3 is 0 Å². The fraction of sp³-hybridized carbons (Fsp3) is 0.129. The van der Waals surface area contributed by atoms with Gasteiger partial charge in [-0.3, -0.25) is 0 Å². The highest BCUT2D eigenvalue weighted by atomic mass is 15.1. The van der Waals surface area contributed by atoms with Gasteiger partial charge < -0.3 is 0 Å². The average molecular weight is 1930 g/mol. The van der Waals surface area contributed by atoms with Crippen LogP contribution in [0.2, 0.25) is 0 Å². The molecule has 0 aliphatic rings. The summed E-state index contributed by atoms with van der Waals surface area (Å²) in [6, 6.07) is 118. The number of nitrogens with zero attached hydrogens (tertiary/aromatic N) is 24. The second-order valence-electron chi connectivity index (χ2n) is 36.2. The minimum Gasteiger partial charge on any atom is -0.219 e. The molecule has 0 N–H and O–H groups in total. The van der Waals surface area contributed by atoms with Gasteiger partial charge in [-0.05, 0) is 307 Å². The fourth-order valence-electron chi connectivity index (χ4n) is 17.9. The van der Waals surface area contributed by atoms with Crippen LogP contribution in [-0.2, 0) is 0 Å². The van der Waals surface area contributed by atoms with Crippen molar-refractivity contribution < 1.29 is 0 Å². The summed E-state index contributed by atoms with van der Waals surface area (Å²) in [5.74, 6) is 17.1. The van der Waals surface area contributed by atoms with Gasteiger partial charge in [0, 0.05) is 44.5 Å². The third-order valence-electron chi connectivity index (χ3n) is 24.3. The number of aryl methyl sites for hydroxylation is 16. The zero-order chi connectivity index (χ0) is 103. The summed E-state index contributed by atoms with van der Waals surface area (Å²) in [6.07, 6.45) is 0. The van der Waals surface area contributed by atoms with E-state index in [4.69, 9.17) is 0 Å². The molecule has 22 aromatic rings. The van der Waals surface area contributed by atoms with Crippen molar-refractivity contribution in [2.45, 2.75) is 111 Å². The minimum atomic E-state index is 0.687. The summed E-state index contributed by atoms with van der Waals surface area (Å²) in [5, 5.41) is 0. The molecule has 0 atom stereocenters. The van der Waals surface area contributed by atoms with Gasteiger partial charge in [-0.25, -0.2) is 120 Å². The van der Waals surface area contributed by atoms with Crippen LogP contribution in [0.3, 0.4) is 0 Å². The molecule has 0 saturated heterocycles. The van der Waals surface area contributed by atoms with Crippen LogP contribution in [0.5, 0.6) is 0 Å². The van der Waals surface area contributed by atoms with Gasteiger partial charge in [0.25, 0.3) is 0 Å². The van der Waals surface area contributed by atoms with E-state index in [0.29, 0.717) is 46.6 Å². The third kappa shape index (κ3) is 24.2. The van der Waals surface area contributed by atoms with E-state index in [1.54, 1.807) is 0 Å². The number of benzene rings is 14. The lowest BCUT2D eigenvalue weighted by molar-refractivity contribution is 0.928. The van der Waals surface area contributed by atoms with Crippen LogP contribution in [-0.4, -0.2) is 120 Å². The second-order valence-corrected chi connectivity index (χ2v) is 36.2. The second kappa shape index (κ2) is 43.9. The molecular weight excluding hydrogens is 1830 g/mol. The van der Waals surface area contributed by atoms with E-state index < -0.39 is 0 Å². The van der Waals surface area contributed by atoms with Crippen LogP contribution in [0.15, 0.2) is 340 Å². The van der Waals surface area contributed by atoms with Crippen molar-refractivity contribution in [3.63, 3.8) is 0 Å². The van der Waals surface area contributed by atoms with E-state index in [1.165, 1.54) is 0 Å². The molecule has 14 aromatic carbocycles. The van der Waals surface area contributed by atoms with Crippen LogP contribution >= 0.6 is 0 Å². The van der Waals surface area contributed by atoms with Crippen LogP contribution in [0.1, 0.15) is 93.2 Å². The maximum Gasteiger partial charge on any atom is 0.163 e. The predicted molar refractivity (Wildman–Crippen MR) is 586 cm³/mol. The standard InChI is InChI=1S/C40H32N6.C34H28N6.C28H24N6.C22H20N6/c1-25-41-26(2)44-39(43-25)37-18-8-16-35(23-37)33-14-6-12-31(21-33)29-10-5-11-30(20-29)32-13-7-15-34(22-32)36-17-9-19-38(24-36)40-45-27(3)42-28(4)46-40;1-21-35-22(2)38-33(37-21)31-15-7-13-29(19-31)27-11-5-9-25(17-27)26-10-6-12-28(18-26)30-14-8-16-32(20-30)34-39-23(3)36-24(4)40-34;1-17-29-18(2)32-27(31-17)25-12-6-10-23(15-25)21-8-5-9-22(14-21)24-11-7-13-26(16-24)28-33-19(3)30-20(4)34-28;1-13-23-14(2)26-21(25-13)19-9-5-7-17(11-19)18-8-6-10-20(12-18)22-27-15(3)24-16(4)28-22/h5-24H,1-4H3;5-20H,1-4H3;5-16H,1-4H3;5-12H,1-4H3. The van der Waals surface area contributed by atoms with Gasteiger partial charge in [0.05, 0.1) is 0 Å². The van der Waals surface area contributed by atoms with E-state index in [2.05, 4.69) is 387 Å². The fourth-order valence-corrected chi connectivity index (χ4v) is 17.9. The first-order chi connectivity index (χ1) is 71.7. The first kappa shape index (κ1) is 98.0. The molecule has 8 aromatic heterocycles. The minimum absolute atomic E-state index is 0.687. The average Bonchev–Trinajstić information content (AvgIpc) is 0.810. The first-order valence-corrected chi connectivity index (χ1v) is 48.7. The Labute approximate surface area is 860 Å². The molecule has 24 heteroatoms. The molecule has 0 fully saturated rings. The molecule has 8 heterocycles. The zero-order valence-corrected chi connectivity index (χ0v) is 85.1. The van der Waals surface area contributed by atoms with Gasteiger partial charge in [0.2, 0.25) is 0 Å². The Morgan fingerprint density at radius 1 is 0.0811 bits per heavy atom. The smallest absolute Gasteiger partial charge is 0.163 e. The Bertz CT molecular complexity index is 8090. The Morgan fingerprint density at radius 3 is 0.216 bits per heavy atom. The van der Waals surface area contributed by atoms with Crippen LogP contribution in [0.4, 0.5) is 0 Å². The molecule has 0 radical (unpaired) electrons. The summed E-state index contributed by atoms with van der Waals surface area (Å²) in [7, 11) is 0. The van der Waals surface area contributed by atoms with E-state index >= 15 is 0 Å². The van der Waals surface area contributed by atoms with Gasteiger partial charge in [-0.1, -0.05) is 255 Å². The summed E-state index contributed by atoms with van der Waals surface area (Å²) in [4.78, 5) is 107. The molecule has 0 unspecified atom stereocenters. The van der Waals surface area contributed by atoms with E-state index in [9.17, 15) is 0 Å². The Balaban J connectivity index is 0.000000126. The molecule has 0 amide bonds. The third-order valence-corrected chi connectivity index (χ3v) is 24.3. The van der Waals surface area contributed by atoms with Crippen molar-refractivity contribution in [3.8, 4) is 202 Å². The molecule has 148 heavy (non-hydrogen) atoms. The molecule has 720 valence electrons. The SMILES string of the molecule is Cc1nc(C)nc(-c2cccc(-c3cccc(-c4cccc(-c5cccc(-c6cccc(-c7nc(C)nc(C)n7)c6)c5)c4)c3)c2)n1.Cc1nc(C)nc(-c2cccc(-c3cccc(-c4cccc(-c5cccc(-c6nc(C)nc(C)n6)c5)c4)c3)c2)n1.Cc1nc(C)nc(-c2cccc(-c3cccc(-c4cccc(-c5nc(C)nc(C)n5)c4)c3)c2)n1.Cc1nc(C)nc(-c2cccc(-c3cccc(-c4nc(C)nc(C)n4)c3)c2)n1. The molecule has 0 bridgehead atoms. The Morgan fingerprint density at radius 2 is 0.142 bits per heavy atom. The van der Waals surface area contributed by atoms with Crippen LogP contribution < -0.4 is 0 Å². The maximum absolute atomic E-state index is 4.56. The highest BCUT2D eigenvalue weighted by molar-refractivity contribution is 5.85. The highest BCUT2D eigenvalue weighted by Gasteiger charge is 2.19. The molecule has 0 aliphatic carbocycles. The van der Waals surface area contributed by atoms with Crippen molar-refractivity contribution >= 4 is 0 Å². The lowest BCUT2D eigenvalue weighted by Crippen LogP contribution is -1.99. The quantitative estimate of drug-likeness (QED) is 0.0770. The van der Waals surface area contributed by atoms with E-state index in [0.717, 1.165) is 249 Å². The van der Waals surface area contributed by atoms with Crippen LogP contribution in [0.25, 0.3) is 202 Å². The van der Waals surface area contributed by atoms with Crippen molar-refractivity contribution in [2.24, 2.45) is 0 Å². The number of rotatable bonds is 18. The summed E-state index contributed by atoms with van der Waals surface area (Å²) in [6.45, 7) is 30.2. The predicted octanol–water partition coefficient (Wildman–Crippen LogP) is 27.2. The summed E-state index contributed by atoms with van der Waals surface area (Å²) in [5.41, 5.74) is 30.3. The molecule has 0 aliphatic heterocycles. The molecular formula is C124H104N24. The molecule has 24 nitrogen and oxygen atoms in total. The van der Waals surface area contributed by atoms with Gasteiger partial charge in [0.1, 0.15) is 93.2 Å². The van der Waals surface area contributed by atoms with Gasteiger partial charge in [-0.15, -0.1) is 0 Å². The zero-order valence-electron chi connectivity index (χ0n) is 85.1. The largest absolute Gasteiger partial charge is 0.219 e. The number of aromatic nitrogens is 24. The number of hydrogen-bond donors (Lipinski definition) is 0. The van der Waals surface area contributed by atoms with Gasteiger partial charge in [-0.2, -0.15) is 0 Å². The summed E-state index contributed by atoms with van der Waals surface area (Å²) < 4.78 is 0. The lowest BCUT2D eigenvalue weighted by atomic mass is 9.94. The van der Waals surface area contributed by atoms with E-state index in [-0.39, 0.29) is 0 Å². The maximum atomic E-state index is 4.56. The normalized spacial score (nSPS) is 11.0. The molecule has 22 rings (SSSR count). The van der Waals surface area contributed by atoms with Crippen molar-refractivity contribution in [1.82, 2.24) is 120 Å². The summed E-state index contributed by atoms with van der Waals surface area (Å²) >= 11 is 0. The Hall–Kier alpha value is -18.8. The topological polar surface area (TPSA) is 309 Å². The van der Waals surface area contributed by atoms with Crippen molar-refractivity contribution in [2.75, 3.05) is 0 Å². The Kier molecular flexibility index (Phi) is 29.1.